The molecule has 2 heterocycles. The molecule has 8 nitrogen and oxygen atoms in total. The van der Waals surface area contributed by atoms with Gasteiger partial charge in [-0.3, -0.25) is 4.79 Å². The number of benzene rings is 2. The molecule has 2 aromatic carbocycles. The van der Waals surface area contributed by atoms with Crippen molar-refractivity contribution in [3.8, 4) is 11.1 Å². The van der Waals surface area contributed by atoms with Gasteiger partial charge in [0.15, 0.2) is 5.65 Å². The number of nitrogens with one attached hydrogen (secondary N) is 1. The summed E-state index contributed by atoms with van der Waals surface area (Å²) < 4.78 is 1.63. The summed E-state index contributed by atoms with van der Waals surface area (Å²) in [5.74, 6) is -1.12. The molecule has 4 aromatic rings. The van der Waals surface area contributed by atoms with E-state index in [1.807, 2.05) is 18.2 Å². The molecule has 0 aliphatic carbocycles. The van der Waals surface area contributed by atoms with Crippen LogP contribution in [0.2, 0.25) is 0 Å². The molecule has 138 valence electrons. The summed E-state index contributed by atoms with van der Waals surface area (Å²) >= 11 is 0. The van der Waals surface area contributed by atoms with Crippen molar-refractivity contribution in [2.24, 2.45) is 5.73 Å². The SMILES string of the molecule is NC(=O)c1cccc(-c2cccn3nc(Nc4ccc(C(=O)O)cc4)nc23)c1. The molecule has 0 fully saturated rings. The average Bonchev–Trinajstić information content (AvgIpc) is 3.10. The molecule has 0 unspecified atom stereocenters. The van der Waals surface area contributed by atoms with Crippen LogP contribution in [0.3, 0.4) is 0 Å². The normalized spacial score (nSPS) is 10.7. The molecular weight excluding hydrogens is 358 g/mol. The van der Waals surface area contributed by atoms with Crippen molar-refractivity contribution in [1.29, 1.82) is 0 Å². The summed E-state index contributed by atoms with van der Waals surface area (Å²) in [4.78, 5) is 26.9. The zero-order chi connectivity index (χ0) is 19.7. The number of aromatic nitrogens is 3. The van der Waals surface area contributed by atoms with E-state index in [9.17, 15) is 9.59 Å². The monoisotopic (exact) mass is 373 g/mol. The number of anilines is 2. The topological polar surface area (TPSA) is 123 Å². The minimum Gasteiger partial charge on any atom is -0.478 e. The molecular formula is C20H15N5O3. The lowest BCUT2D eigenvalue weighted by Gasteiger charge is -2.04. The van der Waals surface area contributed by atoms with Gasteiger partial charge in [-0.15, -0.1) is 5.10 Å². The molecule has 28 heavy (non-hydrogen) atoms. The van der Waals surface area contributed by atoms with Crippen LogP contribution in [-0.4, -0.2) is 31.6 Å². The predicted molar refractivity (Wildman–Crippen MR) is 104 cm³/mol. The van der Waals surface area contributed by atoms with Gasteiger partial charge in [0.2, 0.25) is 11.9 Å². The first-order valence-corrected chi connectivity index (χ1v) is 8.37. The molecule has 0 bridgehead atoms. The highest BCUT2D eigenvalue weighted by atomic mass is 16.4. The number of aromatic carboxylic acids is 1. The standard InChI is InChI=1S/C20H15N5O3/c21-17(26)14-4-1-3-13(11-14)16-5-2-10-25-18(16)23-20(24-25)22-15-8-6-12(7-9-15)19(27)28/h1-11H,(H2,21,26)(H,22,24)(H,27,28). The molecule has 0 aliphatic heterocycles. The van der Waals surface area contributed by atoms with Gasteiger partial charge in [0.05, 0.1) is 5.56 Å². The number of primary amides is 1. The third-order valence-corrected chi connectivity index (χ3v) is 4.21. The summed E-state index contributed by atoms with van der Waals surface area (Å²) in [6.45, 7) is 0. The zero-order valence-electron chi connectivity index (χ0n) is 14.5. The number of rotatable bonds is 5. The van der Waals surface area contributed by atoms with Crippen molar-refractivity contribution in [3.63, 3.8) is 0 Å². The smallest absolute Gasteiger partial charge is 0.335 e. The van der Waals surface area contributed by atoms with Crippen LogP contribution >= 0.6 is 0 Å². The number of nitrogens with zero attached hydrogens (tertiary/aromatic N) is 3. The highest BCUT2D eigenvalue weighted by molar-refractivity contribution is 5.94. The predicted octanol–water partition coefficient (Wildman–Crippen LogP) is 2.94. The average molecular weight is 373 g/mol. The molecule has 0 saturated heterocycles. The number of carbonyl (C=O) groups is 2. The number of fused-ring (bicyclic) bond motifs is 1. The van der Waals surface area contributed by atoms with Crippen LogP contribution in [0.4, 0.5) is 11.6 Å². The molecule has 4 N–H and O–H groups in total. The van der Waals surface area contributed by atoms with Crippen LogP contribution in [-0.2, 0) is 0 Å². The van der Waals surface area contributed by atoms with Crippen molar-refractivity contribution in [3.05, 3.63) is 78.0 Å². The summed E-state index contributed by atoms with van der Waals surface area (Å²) in [5, 5.41) is 16.4. The maximum Gasteiger partial charge on any atom is 0.335 e. The number of carboxylic acid groups (broad SMARTS) is 1. The van der Waals surface area contributed by atoms with E-state index >= 15 is 0 Å². The molecule has 8 heteroatoms. The highest BCUT2D eigenvalue weighted by Crippen LogP contribution is 2.25. The molecule has 0 spiro atoms. The molecule has 4 rings (SSSR count). The van der Waals surface area contributed by atoms with Gasteiger partial charge >= 0.3 is 5.97 Å². The maximum absolute atomic E-state index is 11.5. The second kappa shape index (κ2) is 6.84. The molecule has 0 atom stereocenters. The first-order valence-electron chi connectivity index (χ1n) is 8.37. The Bertz CT molecular complexity index is 1200. The Morgan fingerprint density at radius 2 is 1.79 bits per heavy atom. The van der Waals surface area contributed by atoms with Gasteiger partial charge in [0, 0.05) is 23.0 Å². The number of nitrogens with two attached hydrogens (primary N) is 1. The van der Waals surface area contributed by atoms with Gasteiger partial charge in [-0.1, -0.05) is 12.1 Å². The second-order valence-corrected chi connectivity index (χ2v) is 6.08. The van der Waals surface area contributed by atoms with E-state index in [4.69, 9.17) is 10.8 Å². The summed E-state index contributed by atoms with van der Waals surface area (Å²) in [6, 6.07) is 17.0. The van der Waals surface area contributed by atoms with Crippen LogP contribution in [0.15, 0.2) is 66.9 Å². The third kappa shape index (κ3) is 3.26. The van der Waals surface area contributed by atoms with Crippen molar-refractivity contribution in [2.75, 3.05) is 5.32 Å². The quantitative estimate of drug-likeness (QED) is 0.494. The lowest BCUT2D eigenvalue weighted by Crippen LogP contribution is -2.10. The molecule has 0 aliphatic rings. The van der Waals surface area contributed by atoms with E-state index in [-0.39, 0.29) is 5.56 Å². The van der Waals surface area contributed by atoms with E-state index < -0.39 is 11.9 Å². The Morgan fingerprint density at radius 3 is 2.50 bits per heavy atom. The fourth-order valence-corrected chi connectivity index (χ4v) is 2.85. The summed E-state index contributed by atoms with van der Waals surface area (Å²) in [6.07, 6.45) is 1.77. The van der Waals surface area contributed by atoms with E-state index in [0.29, 0.717) is 22.8 Å². The lowest BCUT2D eigenvalue weighted by molar-refractivity contribution is 0.0696. The summed E-state index contributed by atoms with van der Waals surface area (Å²) in [7, 11) is 0. The van der Waals surface area contributed by atoms with Crippen molar-refractivity contribution in [2.45, 2.75) is 0 Å². The van der Waals surface area contributed by atoms with Gasteiger partial charge < -0.3 is 16.2 Å². The molecule has 2 aromatic heterocycles. The molecule has 1 amide bonds. The Morgan fingerprint density at radius 1 is 1.00 bits per heavy atom. The van der Waals surface area contributed by atoms with Gasteiger partial charge in [-0.25, -0.2) is 9.31 Å². The minimum atomic E-state index is -0.986. The third-order valence-electron chi connectivity index (χ3n) is 4.21. The first-order chi connectivity index (χ1) is 13.5. The van der Waals surface area contributed by atoms with Crippen LogP contribution in [0.25, 0.3) is 16.8 Å². The van der Waals surface area contributed by atoms with Crippen molar-refractivity contribution in [1.82, 2.24) is 14.6 Å². The number of carbonyl (C=O) groups excluding carboxylic acids is 1. The molecule has 0 saturated carbocycles. The largest absolute Gasteiger partial charge is 0.478 e. The number of hydrogen-bond acceptors (Lipinski definition) is 5. The Balaban J connectivity index is 1.70. The molecule has 0 radical (unpaired) electrons. The van der Waals surface area contributed by atoms with Crippen molar-refractivity contribution < 1.29 is 14.7 Å². The van der Waals surface area contributed by atoms with Crippen molar-refractivity contribution >= 4 is 29.2 Å². The first kappa shape index (κ1) is 17.2. The van der Waals surface area contributed by atoms with Crippen LogP contribution in [0.1, 0.15) is 20.7 Å². The summed E-state index contributed by atoms with van der Waals surface area (Å²) in [5.41, 5.74) is 8.85. The minimum absolute atomic E-state index is 0.199. The van der Waals surface area contributed by atoms with E-state index in [2.05, 4.69) is 15.4 Å². The van der Waals surface area contributed by atoms with Crippen LogP contribution in [0, 0.1) is 0 Å². The number of pyridine rings is 1. The Labute approximate surface area is 159 Å². The van der Waals surface area contributed by atoms with Gasteiger partial charge in [-0.05, 0) is 54.1 Å². The Kier molecular flexibility index (Phi) is 4.21. The van der Waals surface area contributed by atoms with Gasteiger partial charge in [0.1, 0.15) is 0 Å². The van der Waals surface area contributed by atoms with Crippen LogP contribution < -0.4 is 11.1 Å². The maximum atomic E-state index is 11.5. The number of hydrogen-bond donors (Lipinski definition) is 3. The zero-order valence-corrected chi connectivity index (χ0v) is 14.5. The van der Waals surface area contributed by atoms with E-state index in [0.717, 1.165) is 11.1 Å². The van der Waals surface area contributed by atoms with Gasteiger partial charge in [0.25, 0.3) is 0 Å². The van der Waals surface area contributed by atoms with E-state index in [1.54, 1.807) is 41.0 Å². The Hall–Kier alpha value is -4.20. The number of carboxylic acids is 1. The van der Waals surface area contributed by atoms with E-state index in [1.165, 1.54) is 12.1 Å². The van der Waals surface area contributed by atoms with Gasteiger partial charge in [-0.2, -0.15) is 4.98 Å². The lowest BCUT2D eigenvalue weighted by atomic mass is 10.0. The number of amides is 1. The highest BCUT2D eigenvalue weighted by Gasteiger charge is 2.11. The fourth-order valence-electron chi connectivity index (χ4n) is 2.85. The van der Waals surface area contributed by atoms with Crippen LogP contribution in [0.5, 0.6) is 0 Å². The fraction of sp³-hybridized carbons (Fsp3) is 0. The second-order valence-electron chi connectivity index (χ2n) is 6.08.